The second-order valence-electron chi connectivity index (χ2n) is 4.95. The van der Waals surface area contributed by atoms with E-state index in [0.29, 0.717) is 6.04 Å². The minimum atomic E-state index is 0.332. The number of rotatable bonds is 6. The van der Waals surface area contributed by atoms with Gasteiger partial charge in [-0.1, -0.05) is 12.1 Å². The van der Waals surface area contributed by atoms with Crippen LogP contribution in [0.5, 0.6) is 11.5 Å². The van der Waals surface area contributed by atoms with Crippen molar-refractivity contribution in [2.75, 3.05) is 19.5 Å². The number of anilines is 1. The first-order chi connectivity index (χ1) is 10.1. The predicted octanol–water partition coefficient (Wildman–Crippen LogP) is 4.51. The Morgan fingerprint density at radius 2 is 1.76 bits per heavy atom. The van der Waals surface area contributed by atoms with Crippen LogP contribution in [0.15, 0.2) is 46.9 Å². The molecule has 4 heteroatoms. The summed E-state index contributed by atoms with van der Waals surface area (Å²) < 4.78 is 11.4. The van der Waals surface area contributed by atoms with Crippen molar-refractivity contribution in [2.24, 2.45) is 0 Å². The molecular weight excluding hydrogens is 330 g/mol. The first-order valence-corrected chi connectivity index (χ1v) is 7.64. The molecule has 1 atom stereocenters. The summed E-state index contributed by atoms with van der Waals surface area (Å²) in [5, 5.41) is 3.49. The number of hydrogen-bond acceptors (Lipinski definition) is 3. The van der Waals surface area contributed by atoms with Crippen LogP contribution in [-0.4, -0.2) is 20.3 Å². The number of halogens is 1. The van der Waals surface area contributed by atoms with Crippen LogP contribution in [-0.2, 0) is 6.42 Å². The molecule has 0 amide bonds. The average Bonchev–Trinajstić information content (AvgIpc) is 2.48. The molecule has 0 radical (unpaired) electrons. The van der Waals surface area contributed by atoms with Crippen molar-refractivity contribution in [3.05, 3.63) is 52.5 Å². The smallest absolute Gasteiger partial charge is 0.133 e. The minimum Gasteiger partial charge on any atom is -0.497 e. The van der Waals surface area contributed by atoms with Crippen molar-refractivity contribution < 1.29 is 9.47 Å². The Morgan fingerprint density at radius 1 is 1.05 bits per heavy atom. The molecule has 2 aromatic carbocycles. The lowest BCUT2D eigenvalue weighted by Crippen LogP contribution is -2.18. The van der Waals surface area contributed by atoms with Crippen molar-refractivity contribution in [3.8, 4) is 11.5 Å². The van der Waals surface area contributed by atoms with E-state index in [1.54, 1.807) is 14.2 Å². The third kappa shape index (κ3) is 4.39. The van der Waals surface area contributed by atoms with Crippen LogP contribution in [0.4, 0.5) is 5.69 Å². The Balaban J connectivity index is 1.97. The zero-order chi connectivity index (χ0) is 15.2. The lowest BCUT2D eigenvalue weighted by atomic mass is 10.1. The van der Waals surface area contributed by atoms with Crippen LogP contribution < -0.4 is 14.8 Å². The van der Waals surface area contributed by atoms with Crippen LogP contribution in [0.1, 0.15) is 12.5 Å². The van der Waals surface area contributed by atoms with Gasteiger partial charge in [-0.05, 0) is 65.2 Å². The summed E-state index contributed by atoms with van der Waals surface area (Å²) in [6, 6.07) is 14.5. The van der Waals surface area contributed by atoms with Gasteiger partial charge in [0.1, 0.15) is 11.5 Å². The van der Waals surface area contributed by atoms with Gasteiger partial charge >= 0.3 is 0 Å². The molecule has 1 N–H and O–H groups in total. The van der Waals surface area contributed by atoms with Gasteiger partial charge in [-0.15, -0.1) is 0 Å². The molecule has 0 bridgehead atoms. The Labute approximate surface area is 134 Å². The van der Waals surface area contributed by atoms with E-state index < -0.39 is 0 Å². The maximum absolute atomic E-state index is 5.24. The average molecular weight is 350 g/mol. The number of hydrogen-bond donors (Lipinski definition) is 1. The molecule has 0 saturated heterocycles. The summed E-state index contributed by atoms with van der Waals surface area (Å²) in [7, 11) is 3.35. The molecule has 0 aromatic heterocycles. The first kappa shape index (κ1) is 15.7. The summed E-state index contributed by atoms with van der Waals surface area (Å²) in [6.07, 6.45) is 0.952. The molecule has 2 rings (SSSR count). The summed E-state index contributed by atoms with van der Waals surface area (Å²) in [5.41, 5.74) is 2.35. The van der Waals surface area contributed by atoms with E-state index in [1.165, 1.54) is 5.56 Å². The van der Waals surface area contributed by atoms with E-state index >= 15 is 0 Å². The third-order valence-corrected chi connectivity index (χ3v) is 3.89. The fraction of sp³-hybridized carbons (Fsp3) is 0.294. The summed E-state index contributed by atoms with van der Waals surface area (Å²) in [5.74, 6) is 1.72. The molecule has 0 aliphatic heterocycles. The zero-order valence-corrected chi connectivity index (χ0v) is 14.1. The maximum atomic E-state index is 5.24. The summed E-state index contributed by atoms with van der Waals surface area (Å²) in [4.78, 5) is 0. The second kappa shape index (κ2) is 7.36. The molecule has 21 heavy (non-hydrogen) atoms. The van der Waals surface area contributed by atoms with E-state index in [9.17, 15) is 0 Å². The highest BCUT2D eigenvalue weighted by Gasteiger charge is 2.06. The molecule has 0 aliphatic rings. The topological polar surface area (TPSA) is 30.5 Å². The molecule has 112 valence electrons. The molecule has 0 heterocycles. The normalized spacial score (nSPS) is 11.8. The Hall–Kier alpha value is -1.68. The van der Waals surface area contributed by atoms with E-state index in [2.05, 4.69) is 40.3 Å². The van der Waals surface area contributed by atoms with Gasteiger partial charge in [0.2, 0.25) is 0 Å². The minimum absolute atomic E-state index is 0.332. The molecule has 1 unspecified atom stereocenters. The number of benzene rings is 2. The van der Waals surface area contributed by atoms with Crippen LogP contribution in [0.2, 0.25) is 0 Å². The summed E-state index contributed by atoms with van der Waals surface area (Å²) in [6.45, 7) is 2.17. The third-order valence-electron chi connectivity index (χ3n) is 3.27. The van der Waals surface area contributed by atoms with E-state index in [1.807, 2.05) is 30.3 Å². The quantitative estimate of drug-likeness (QED) is 0.832. The van der Waals surface area contributed by atoms with Crippen molar-refractivity contribution in [1.29, 1.82) is 0 Å². The molecule has 2 aromatic rings. The SMILES string of the molecule is COc1ccc(CC(C)Nc2ccc(OC)c(Br)c2)cc1. The van der Waals surface area contributed by atoms with E-state index in [0.717, 1.165) is 28.1 Å². The number of nitrogens with one attached hydrogen (secondary N) is 1. The first-order valence-electron chi connectivity index (χ1n) is 6.85. The van der Waals surface area contributed by atoms with Gasteiger partial charge in [0.05, 0.1) is 18.7 Å². The van der Waals surface area contributed by atoms with Crippen LogP contribution in [0, 0.1) is 0 Å². The van der Waals surface area contributed by atoms with E-state index in [4.69, 9.17) is 9.47 Å². The standard InChI is InChI=1S/C17H20BrNO2/c1-12(10-13-4-7-15(20-2)8-5-13)19-14-6-9-17(21-3)16(18)11-14/h4-9,11-12,19H,10H2,1-3H3. The number of ether oxygens (including phenoxy) is 2. The van der Waals surface area contributed by atoms with Crippen LogP contribution >= 0.6 is 15.9 Å². The van der Waals surface area contributed by atoms with Crippen LogP contribution in [0.25, 0.3) is 0 Å². The Kier molecular flexibility index (Phi) is 5.51. The molecular formula is C17H20BrNO2. The number of methoxy groups -OCH3 is 2. The summed E-state index contributed by atoms with van der Waals surface area (Å²) >= 11 is 3.50. The lowest BCUT2D eigenvalue weighted by Gasteiger charge is -2.16. The highest BCUT2D eigenvalue weighted by Crippen LogP contribution is 2.28. The molecule has 3 nitrogen and oxygen atoms in total. The van der Waals surface area contributed by atoms with Gasteiger partial charge in [-0.25, -0.2) is 0 Å². The highest BCUT2D eigenvalue weighted by molar-refractivity contribution is 9.10. The Morgan fingerprint density at radius 3 is 2.33 bits per heavy atom. The monoisotopic (exact) mass is 349 g/mol. The molecule has 0 saturated carbocycles. The Bertz CT molecular complexity index is 584. The van der Waals surface area contributed by atoms with Gasteiger partial charge in [0.15, 0.2) is 0 Å². The van der Waals surface area contributed by atoms with Gasteiger partial charge in [0.25, 0.3) is 0 Å². The molecule has 0 aliphatic carbocycles. The zero-order valence-electron chi connectivity index (χ0n) is 12.5. The van der Waals surface area contributed by atoms with E-state index in [-0.39, 0.29) is 0 Å². The van der Waals surface area contributed by atoms with Crippen molar-refractivity contribution in [3.63, 3.8) is 0 Å². The maximum Gasteiger partial charge on any atom is 0.133 e. The van der Waals surface area contributed by atoms with Gasteiger partial charge in [-0.3, -0.25) is 0 Å². The van der Waals surface area contributed by atoms with Crippen molar-refractivity contribution in [2.45, 2.75) is 19.4 Å². The fourth-order valence-electron chi connectivity index (χ4n) is 2.21. The van der Waals surface area contributed by atoms with Crippen LogP contribution in [0.3, 0.4) is 0 Å². The molecule has 0 spiro atoms. The highest BCUT2D eigenvalue weighted by atomic mass is 79.9. The predicted molar refractivity (Wildman–Crippen MR) is 90.5 cm³/mol. The largest absolute Gasteiger partial charge is 0.497 e. The van der Waals surface area contributed by atoms with Gasteiger partial charge < -0.3 is 14.8 Å². The van der Waals surface area contributed by atoms with Gasteiger partial charge in [0, 0.05) is 11.7 Å². The lowest BCUT2D eigenvalue weighted by molar-refractivity contribution is 0.412. The van der Waals surface area contributed by atoms with Crippen molar-refractivity contribution >= 4 is 21.6 Å². The second-order valence-corrected chi connectivity index (χ2v) is 5.80. The molecule has 0 fully saturated rings. The van der Waals surface area contributed by atoms with Gasteiger partial charge in [-0.2, -0.15) is 0 Å². The van der Waals surface area contributed by atoms with Crippen molar-refractivity contribution in [1.82, 2.24) is 0 Å². The fourth-order valence-corrected chi connectivity index (χ4v) is 2.75.